The summed E-state index contributed by atoms with van der Waals surface area (Å²) in [6, 6.07) is 10.6. The van der Waals surface area contributed by atoms with E-state index in [0.717, 1.165) is 12.2 Å². The first-order valence-electron chi connectivity index (χ1n) is 4.03. The number of hydrogen-bond donors (Lipinski definition) is 0. The number of hydrogen-bond acceptors (Lipinski definition) is 2. The fourth-order valence-corrected chi connectivity index (χ4v) is 2.60. The minimum Gasteiger partial charge on any atom is -0.198 e. The molecule has 1 aromatic rings. The van der Waals surface area contributed by atoms with E-state index in [-0.39, 0.29) is 5.92 Å². The van der Waals surface area contributed by atoms with Crippen molar-refractivity contribution >= 4 is 11.8 Å². The molecule has 1 aliphatic rings. The van der Waals surface area contributed by atoms with Gasteiger partial charge in [-0.15, -0.1) is 11.8 Å². The Labute approximate surface area is 76.4 Å². The summed E-state index contributed by atoms with van der Waals surface area (Å²) in [7, 11) is 0. The van der Waals surface area contributed by atoms with E-state index < -0.39 is 0 Å². The molecule has 12 heavy (non-hydrogen) atoms. The lowest BCUT2D eigenvalue weighted by atomic mass is 9.98. The Bertz CT molecular complexity index is 327. The molecule has 1 heterocycles. The standard InChI is InChI=1S/C10H9NS/c11-7-8-5-6-12-10-4-2-1-3-9(8)10/h1-4,8H,5-6H2. The molecule has 0 saturated heterocycles. The van der Waals surface area contributed by atoms with Gasteiger partial charge >= 0.3 is 0 Å². The molecule has 1 aliphatic heterocycles. The van der Waals surface area contributed by atoms with E-state index in [1.807, 2.05) is 23.9 Å². The summed E-state index contributed by atoms with van der Waals surface area (Å²) in [6.07, 6.45) is 0.998. The van der Waals surface area contributed by atoms with Crippen molar-refractivity contribution in [2.24, 2.45) is 0 Å². The molecule has 0 saturated carbocycles. The van der Waals surface area contributed by atoms with E-state index in [1.165, 1.54) is 10.5 Å². The van der Waals surface area contributed by atoms with E-state index in [4.69, 9.17) is 5.26 Å². The van der Waals surface area contributed by atoms with Crippen LogP contribution in [-0.2, 0) is 0 Å². The number of nitriles is 1. The molecular formula is C10H9NS. The van der Waals surface area contributed by atoms with Crippen LogP contribution in [0.25, 0.3) is 0 Å². The van der Waals surface area contributed by atoms with Crippen molar-refractivity contribution < 1.29 is 0 Å². The van der Waals surface area contributed by atoms with Crippen molar-refractivity contribution in [3.63, 3.8) is 0 Å². The van der Waals surface area contributed by atoms with Crippen molar-refractivity contribution in [1.29, 1.82) is 5.26 Å². The van der Waals surface area contributed by atoms with Crippen LogP contribution in [0.5, 0.6) is 0 Å². The second kappa shape index (κ2) is 3.20. The number of fused-ring (bicyclic) bond motifs is 1. The molecule has 2 heteroatoms. The summed E-state index contributed by atoms with van der Waals surface area (Å²) in [5, 5.41) is 8.88. The molecular weight excluding hydrogens is 166 g/mol. The van der Waals surface area contributed by atoms with Gasteiger partial charge in [-0.2, -0.15) is 5.26 Å². The highest BCUT2D eigenvalue weighted by atomic mass is 32.2. The third kappa shape index (κ3) is 1.21. The monoisotopic (exact) mass is 175 g/mol. The molecule has 1 unspecified atom stereocenters. The van der Waals surface area contributed by atoms with Gasteiger partial charge < -0.3 is 0 Å². The van der Waals surface area contributed by atoms with Crippen LogP contribution in [0.3, 0.4) is 0 Å². The van der Waals surface area contributed by atoms with E-state index in [2.05, 4.69) is 18.2 Å². The summed E-state index contributed by atoms with van der Waals surface area (Å²) in [5.41, 5.74) is 1.22. The first-order valence-corrected chi connectivity index (χ1v) is 5.01. The Morgan fingerprint density at radius 2 is 2.25 bits per heavy atom. The lowest BCUT2D eigenvalue weighted by molar-refractivity contribution is 0.793. The third-order valence-electron chi connectivity index (χ3n) is 2.11. The van der Waals surface area contributed by atoms with Crippen LogP contribution in [0.4, 0.5) is 0 Å². The maximum atomic E-state index is 8.88. The predicted molar refractivity (Wildman–Crippen MR) is 50.1 cm³/mol. The van der Waals surface area contributed by atoms with Gasteiger partial charge in [0.2, 0.25) is 0 Å². The van der Waals surface area contributed by atoms with Crippen LogP contribution in [-0.4, -0.2) is 5.75 Å². The molecule has 0 aliphatic carbocycles. The maximum absolute atomic E-state index is 8.88. The Kier molecular flexibility index (Phi) is 2.05. The van der Waals surface area contributed by atoms with Crippen LogP contribution >= 0.6 is 11.8 Å². The highest BCUT2D eigenvalue weighted by Crippen LogP contribution is 2.36. The zero-order chi connectivity index (χ0) is 8.39. The van der Waals surface area contributed by atoms with E-state index >= 15 is 0 Å². The predicted octanol–water partition coefficient (Wildman–Crippen LogP) is 2.79. The van der Waals surface area contributed by atoms with E-state index in [1.54, 1.807) is 0 Å². The second-order valence-electron chi connectivity index (χ2n) is 2.86. The maximum Gasteiger partial charge on any atom is 0.0731 e. The first-order chi connectivity index (χ1) is 5.92. The van der Waals surface area contributed by atoms with Gasteiger partial charge in [-0.25, -0.2) is 0 Å². The summed E-state index contributed by atoms with van der Waals surface area (Å²) < 4.78 is 0. The van der Waals surface area contributed by atoms with Crippen molar-refractivity contribution in [3.8, 4) is 6.07 Å². The normalized spacial score (nSPS) is 21.1. The summed E-state index contributed by atoms with van der Waals surface area (Å²) >= 11 is 1.86. The van der Waals surface area contributed by atoms with Crippen LogP contribution in [0, 0.1) is 11.3 Å². The number of thioether (sulfide) groups is 1. The van der Waals surface area contributed by atoms with Gasteiger partial charge in [0.05, 0.1) is 12.0 Å². The highest BCUT2D eigenvalue weighted by Gasteiger charge is 2.18. The van der Waals surface area contributed by atoms with Crippen LogP contribution in [0.1, 0.15) is 17.9 Å². The summed E-state index contributed by atoms with van der Waals surface area (Å²) in [6.45, 7) is 0. The molecule has 60 valence electrons. The highest BCUT2D eigenvalue weighted by molar-refractivity contribution is 7.99. The van der Waals surface area contributed by atoms with Crippen molar-refractivity contribution in [3.05, 3.63) is 29.8 Å². The average Bonchev–Trinajstić information content (AvgIpc) is 2.17. The van der Waals surface area contributed by atoms with Crippen LogP contribution < -0.4 is 0 Å². The molecule has 0 fully saturated rings. The Morgan fingerprint density at radius 1 is 1.42 bits per heavy atom. The quantitative estimate of drug-likeness (QED) is 0.605. The molecule has 0 amide bonds. The molecule has 1 nitrogen and oxygen atoms in total. The summed E-state index contributed by atoms with van der Waals surface area (Å²) in [4.78, 5) is 1.29. The zero-order valence-electron chi connectivity index (χ0n) is 6.66. The van der Waals surface area contributed by atoms with Gasteiger partial charge in [0, 0.05) is 4.90 Å². The second-order valence-corrected chi connectivity index (χ2v) is 3.99. The third-order valence-corrected chi connectivity index (χ3v) is 3.24. The van der Waals surface area contributed by atoms with Gasteiger partial charge in [-0.1, -0.05) is 18.2 Å². The number of rotatable bonds is 0. The molecule has 2 rings (SSSR count). The smallest absolute Gasteiger partial charge is 0.0731 e. The van der Waals surface area contributed by atoms with Gasteiger partial charge in [0.25, 0.3) is 0 Å². The number of nitrogens with zero attached hydrogens (tertiary/aromatic N) is 1. The molecule has 0 spiro atoms. The van der Waals surface area contributed by atoms with Crippen LogP contribution in [0.15, 0.2) is 29.2 Å². The zero-order valence-corrected chi connectivity index (χ0v) is 7.47. The molecule has 0 radical (unpaired) electrons. The molecule has 1 atom stereocenters. The Hall–Kier alpha value is -0.940. The first kappa shape index (κ1) is 7.70. The minimum atomic E-state index is 0.127. The fourth-order valence-electron chi connectivity index (χ4n) is 1.48. The lowest BCUT2D eigenvalue weighted by Crippen LogP contribution is -2.04. The molecule has 0 N–H and O–H groups in total. The number of benzene rings is 1. The fraction of sp³-hybridized carbons (Fsp3) is 0.300. The molecule has 0 bridgehead atoms. The Morgan fingerprint density at radius 3 is 3.08 bits per heavy atom. The minimum absolute atomic E-state index is 0.127. The lowest BCUT2D eigenvalue weighted by Gasteiger charge is -2.18. The van der Waals surface area contributed by atoms with Crippen molar-refractivity contribution in [1.82, 2.24) is 0 Å². The average molecular weight is 175 g/mol. The van der Waals surface area contributed by atoms with Gasteiger partial charge in [-0.3, -0.25) is 0 Å². The van der Waals surface area contributed by atoms with E-state index in [9.17, 15) is 0 Å². The van der Waals surface area contributed by atoms with E-state index in [0.29, 0.717) is 0 Å². The van der Waals surface area contributed by atoms with Gasteiger partial charge in [0.1, 0.15) is 0 Å². The Balaban J connectivity index is 2.45. The van der Waals surface area contributed by atoms with Crippen LogP contribution in [0.2, 0.25) is 0 Å². The van der Waals surface area contributed by atoms with Gasteiger partial charge in [-0.05, 0) is 23.8 Å². The molecule has 0 aromatic heterocycles. The topological polar surface area (TPSA) is 23.8 Å². The van der Waals surface area contributed by atoms with Crippen molar-refractivity contribution in [2.45, 2.75) is 17.2 Å². The summed E-state index contributed by atoms with van der Waals surface area (Å²) in [5.74, 6) is 1.21. The largest absolute Gasteiger partial charge is 0.198 e. The van der Waals surface area contributed by atoms with Gasteiger partial charge in [0.15, 0.2) is 0 Å². The molecule has 1 aromatic carbocycles. The SMILES string of the molecule is N#CC1CCSc2ccccc21. The van der Waals surface area contributed by atoms with Crippen molar-refractivity contribution in [2.75, 3.05) is 5.75 Å².